The molecule has 0 unspecified atom stereocenters. The van der Waals surface area contributed by atoms with E-state index in [-0.39, 0.29) is 11.8 Å². The maximum atomic E-state index is 11.2. The van der Waals surface area contributed by atoms with Gasteiger partial charge in [-0.1, -0.05) is 15.9 Å². The molecule has 1 aromatic heterocycles. The smallest absolute Gasteiger partial charge is 0.329 e. The summed E-state index contributed by atoms with van der Waals surface area (Å²) in [4.78, 5) is 14.9. The van der Waals surface area contributed by atoms with Crippen LogP contribution in [0.5, 0.6) is 5.75 Å². The Kier molecular flexibility index (Phi) is 3.77. The maximum Gasteiger partial charge on any atom is 0.329 e. The summed E-state index contributed by atoms with van der Waals surface area (Å²) >= 11 is 3.38. The van der Waals surface area contributed by atoms with Crippen molar-refractivity contribution >= 4 is 32.5 Å². The van der Waals surface area contributed by atoms with E-state index in [1.807, 2.05) is 6.07 Å². The second-order valence-electron chi connectivity index (χ2n) is 5.20. The molecule has 2 aromatic rings. The van der Waals surface area contributed by atoms with E-state index in [1.165, 1.54) is 6.20 Å². The first-order valence-corrected chi connectivity index (χ1v) is 7.47. The Bertz CT molecular complexity index is 701. The van der Waals surface area contributed by atoms with Crippen molar-refractivity contribution in [1.82, 2.24) is 4.98 Å². The number of hydrogen-bond donors (Lipinski definition) is 1. The number of rotatable bonds is 4. The van der Waals surface area contributed by atoms with Gasteiger partial charge in [0.1, 0.15) is 6.20 Å². The van der Waals surface area contributed by atoms with Crippen molar-refractivity contribution < 1.29 is 9.66 Å². The molecule has 0 amide bonds. The van der Waals surface area contributed by atoms with Crippen LogP contribution in [0.1, 0.15) is 12.8 Å². The Morgan fingerprint density at radius 1 is 1.48 bits per heavy atom. The molecule has 110 valence electrons. The van der Waals surface area contributed by atoms with Crippen LogP contribution in [0.4, 0.5) is 5.69 Å². The summed E-state index contributed by atoms with van der Waals surface area (Å²) in [5.74, 6) is 0.751. The summed E-state index contributed by atoms with van der Waals surface area (Å²) in [5, 5.41) is 11.9. The molecule has 0 spiro atoms. The molecule has 1 saturated carbocycles. The SMILES string of the molecule is NCC1CC(Oc2c([N+](=O)[O-])cnc3ccc(Br)cc23)C1. The van der Waals surface area contributed by atoms with Crippen molar-refractivity contribution in [3.63, 3.8) is 0 Å². The predicted octanol–water partition coefficient (Wildman–Crippen LogP) is 3.02. The highest BCUT2D eigenvalue weighted by Gasteiger charge is 2.32. The summed E-state index contributed by atoms with van der Waals surface area (Å²) in [5.41, 5.74) is 6.17. The van der Waals surface area contributed by atoms with Crippen LogP contribution in [0.2, 0.25) is 0 Å². The number of ether oxygens (including phenoxy) is 1. The van der Waals surface area contributed by atoms with Crippen molar-refractivity contribution in [2.24, 2.45) is 11.7 Å². The lowest BCUT2D eigenvalue weighted by Gasteiger charge is -2.34. The molecule has 0 bridgehead atoms. The molecule has 6 nitrogen and oxygen atoms in total. The molecule has 3 rings (SSSR count). The lowest BCUT2D eigenvalue weighted by atomic mass is 9.82. The van der Waals surface area contributed by atoms with Crippen LogP contribution < -0.4 is 10.5 Å². The summed E-state index contributed by atoms with van der Waals surface area (Å²) in [6, 6.07) is 5.45. The molecule has 1 aliphatic rings. The molecule has 2 N–H and O–H groups in total. The van der Waals surface area contributed by atoms with E-state index in [4.69, 9.17) is 10.5 Å². The largest absolute Gasteiger partial charge is 0.483 e. The van der Waals surface area contributed by atoms with E-state index in [0.29, 0.717) is 29.1 Å². The Hall–Kier alpha value is -1.73. The van der Waals surface area contributed by atoms with Crippen LogP contribution in [0.25, 0.3) is 10.9 Å². The molecule has 21 heavy (non-hydrogen) atoms. The first-order valence-electron chi connectivity index (χ1n) is 6.68. The van der Waals surface area contributed by atoms with Crippen molar-refractivity contribution in [2.75, 3.05) is 6.54 Å². The summed E-state index contributed by atoms with van der Waals surface area (Å²) in [7, 11) is 0. The van der Waals surface area contributed by atoms with Gasteiger partial charge < -0.3 is 10.5 Å². The first-order chi connectivity index (χ1) is 10.1. The van der Waals surface area contributed by atoms with E-state index in [9.17, 15) is 10.1 Å². The standard InChI is InChI=1S/C14H14BrN3O3/c15-9-1-2-12-11(5-9)14(13(7-17-12)18(19)20)21-10-3-8(4-10)6-16/h1-2,5,7-8,10H,3-4,6,16H2. The Balaban J connectivity index is 2.02. The fourth-order valence-corrected chi connectivity index (χ4v) is 2.87. The lowest BCUT2D eigenvalue weighted by molar-refractivity contribution is -0.386. The average molecular weight is 352 g/mol. The molecule has 0 radical (unpaired) electrons. The van der Waals surface area contributed by atoms with Gasteiger partial charge in [-0.15, -0.1) is 0 Å². The van der Waals surface area contributed by atoms with Gasteiger partial charge in [0.05, 0.1) is 21.9 Å². The molecule has 1 fully saturated rings. The number of pyridine rings is 1. The van der Waals surface area contributed by atoms with Crippen LogP contribution >= 0.6 is 15.9 Å². The van der Waals surface area contributed by atoms with Gasteiger partial charge in [-0.25, -0.2) is 4.98 Å². The predicted molar refractivity (Wildman–Crippen MR) is 82.3 cm³/mol. The normalized spacial score (nSPS) is 21.0. The van der Waals surface area contributed by atoms with Crippen LogP contribution in [0.3, 0.4) is 0 Å². The van der Waals surface area contributed by atoms with Crippen LogP contribution in [0, 0.1) is 16.0 Å². The summed E-state index contributed by atoms with van der Waals surface area (Å²) in [6.45, 7) is 0.630. The van der Waals surface area contributed by atoms with E-state index in [2.05, 4.69) is 20.9 Å². The minimum atomic E-state index is -0.457. The number of nitro groups is 1. The highest BCUT2D eigenvalue weighted by atomic mass is 79.9. The minimum Gasteiger partial charge on any atom is -0.483 e. The van der Waals surface area contributed by atoms with Gasteiger partial charge in [0, 0.05) is 4.47 Å². The molecule has 1 aliphatic carbocycles. The molecule has 7 heteroatoms. The molecule has 1 heterocycles. The van der Waals surface area contributed by atoms with Gasteiger partial charge in [0.25, 0.3) is 0 Å². The number of fused-ring (bicyclic) bond motifs is 1. The van der Waals surface area contributed by atoms with E-state index >= 15 is 0 Å². The zero-order valence-corrected chi connectivity index (χ0v) is 12.7. The van der Waals surface area contributed by atoms with Crippen molar-refractivity contribution in [3.05, 3.63) is 39.0 Å². The zero-order valence-electron chi connectivity index (χ0n) is 11.2. The third-order valence-corrected chi connectivity index (χ3v) is 4.26. The molecule has 0 aliphatic heterocycles. The van der Waals surface area contributed by atoms with E-state index in [0.717, 1.165) is 17.3 Å². The van der Waals surface area contributed by atoms with Crippen molar-refractivity contribution in [1.29, 1.82) is 0 Å². The number of halogens is 1. The van der Waals surface area contributed by atoms with Crippen LogP contribution in [-0.4, -0.2) is 22.6 Å². The third kappa shape index (κ3) is 2.71. The number of benzene rings is 1. The van der Waals surface area contributed by atoms with Gasteiger partial charge >= 0.3 is 5.69 Å². The highest BCUT2D eigenvalue weighted by Crippen LogP contribution is 2.39. The van der Waals surface area contributed by atoms with Gasteiger partial charge in [-0.05, 0) is 43.5 Å². The minimum absolute atomic E-state index is 0.0122. The molecular formula is C14H14BrN3O3. The van der Waals surface area contributed by atoms with Gasteiger partial charge in [0.2, 0.25) is 5.75 Å². The third-order valence-electron chi connectivity index (χ3n) is 3.77. The van der Waals surface area contributed by atoms with Gasteiger partial charge in [-0.3, -0.25) is 10.1 Å². The Labute approximate surface area is 129 Å². The fraction of sp³-hybridized carbons (Fsp3) is 0.357. The Morgan fingerprint density at radius 3 is 2.90 bits per heavy atom. The van der Waals surface area contributed by atoms with Gasteiger partial charge in [0.15, 0.2) is 0 Å². The number of nitrogens with zero attached hydrogens (tertiary/aromatic N) is 2. The quantitative estimate of drug-likeness (QED) is 0.675. The van der Waals surface area contributed by atoms with Crippen LogP contribution in [0.15, 0.2) is 28.9 Å². The number of nitrogens with two attached hydrogens (primary N) is 1. The summed E-state index contributed by atoms with van der Waals surface area (Å²) in [6.07, 6.45) is 2.92. The van der Waals surface area contributed by atoms with E-state index < -0.39 is 4.92 Å². The molecule has 0 atom stereocenters. The average Bonchev–Trinajstić information content (AvgIpc) is 2.41. The number of aromatic nitrogens is 1. The van der Waals surface area contributed by atoms with Gasteiger partial charge in [-0.2, -0.15) is 0 Å². The van der Waals surface area contributed by atoms with Crippen LogP contribution in [-0.2, 0) is 0 Å². The zero-order chi connectivity index (χ0) is 15.0. The lowest BCUT2D eigenvalue weighted by Crippen LogP contribution is -2.37. The molecular weight excluding hydrogens is 338 g/mol. The fourth-order valence-electron chi connectivity index (χ4n) is 2.51. The highest BCUT2D eigenvalue weighted by molar-refractivity contribution is 9.10. The number of hydrogen-bond acceptors (Lipinski definition) is 5. The first kappa shape index (κ1) is 14.2. The monoisotopic (exact) mass is 351 g/mol. The van der Waals surface area contributed by atoms with E-state index in [1.54, 1.807) is 12.1 Å². The maximum absolute atomic E-state index is 11.2. The van der Waals surface area contributed by atoms with Crippen molar-refractivity contribution in [2.45, 2.75) is 18.9 Å². The topological polar surface area (TPSA) is 91.3 Å². The molecule has 1 aromatic carbocycles. The second-order valence-corrected chi connectivity index (χ2v) is 6.12. The van der Waals surface area contributed by atoms with Crippen molar-refractivity contribution in [3.8, 4) is 5.75 Å². The molecule has 0 saturated heterocycles. The summed E-state index contributed by atoms with van der Waals surface area (Å²) < 4.78 is 6.71. The Morgan fingerprint density at radius 2 is 2.24 bits per heavy atom. The second kappa shape index (κ2) is 5.57.